The van der Waals surface area contributed by atoms with Crippen molar-refractivity contribution in [1.29, 1.82) is 0 Å². The summed E-state index contributed by atoms with van der Waals surface area (Å²) in [5, 5.41) is 10.6. The summed E-state index contributed by atoms with van der Waals surface area (Å²) in [5.74, 6) is -0.557. The number of nitrogen functional groups attached to an aromatic ring is 1. The van der Waals surface area contributed by atoms with Crippen molar-refractivity contribution < 1.29 is 19.4 Å². The Morgan fingerprint density at radius 1 is 1.30 bits per heavy atom. The second-order valence-corrected chi connectivity index (χ2v) is 12.4. The van der Waals surface area contributed by atoms with E-state index in [4.69, 9.17) is 10.5 Å². The molecule has 0 saturated carbocycles. The first kappa shape index (κ1) is 25.8. The molecule has 3 N–H and O–H groups in total. The molecule has 1 fully saturated rings. The lowest BCUT2D eigenvalue weighted by Crippen LogP contribution is -2.52. The van der Waals surface area contributed by atoms with Crippen LogP contribution in [0.5, 0.6) is 0 Å². The molecule has 2 aromatic rings. The number of carbonyl (C=O) groups is 2. The van der Waals surface area contributed by atoms with Gasteiger partial charge in [0.05, 0.1) is 6.61 Å². The molecule has 0 bridgehead atoms. The first-order chi connectivity index (χ1) is 15.4. The lowest BCUT2D eigenvalue weighted by Gasteiger charge is -2.41. The number of Topliss-reactive ketones (excluding diaryl/α,β-unsaturated/α-hetero) is 1. The molecule has 0 amide bonds. The maximum Gasteiger partial charge on any atom is 0.327 e. The summed E-state index contributed by atoms with van der Waals surface area (Å²) < 4.78 is 6.08. The summed E-state index contributed by atoms with van der Waals surface area (Å²) in [6.45, 7) is 12.2. The number of aryl methyl sites for hydroxylation is 2. The van der Waals surface area contributed by atoms with Gasteiger partial charge in [-0.2, -0.15) is 0 Å². The highest BCUT2D eigenvalue weighted by Crippen LogP contribution is 2.43. The molecule has 2 atom stereocenters. The fourth-order valence-electron chi connectivity index (χ4n) is 4.23. The monoisotopic (exact) mass is 489 g/mol. The molecule has 1 aromatic carbocycles. The van der Waals surface area contributed by atoms with E-state index in [0.29, 0.717) is 18.5 Å². The Morgan fingerprint density at radius 2 is 2.00 bits per heavy atom. The Kier molecular flexibility index (Phi) is 7.66. The topological polar surface area (TPSA) is 89.6 Å². The second kappa shape index (κ2) is 9.80. The van der Waals surface area contributed by atoms with Crippen molar-refractivity contribution in [3.05, 3.63) is 45.1 Å². The summed E-state index contributed by atoms with van der Waals surface area (Å²) in [5.41, 5.74) is 8.69. The minimum atomic E-state index is -0.879. The van der Waals surface area contributed by atoms with Gasteiger partial charge in [-0.05, 0) is 71.4 Å². The molecule has 0 spiro atoms. The molecule has 1 aliphatic heterocycles. The Morgan fingerprint density at radius 3 is 2.58 bits per heavy atom. The molecule has 2 unspecified atom stereocenters. The average molecular weight is 490 g/mol. The number of rotatable bonds is 7. The SMILES string of the molecule is Cc1cc(SC2C(=O)CC(CCc3sccc3CO)(C(C)C)OC2=O)c(C(C)(C)C)cc1N. The number of ketones is 1. The van der Waals surface area contributed by atoms with Gasteiger partial charge in [-0.15, -0.1) is 23.1 Å². The molecule has 7 heteroatoms. The van der Waals surface area contributed by atoms with E-state index >= 15 is 0 Å². The van der Waals surface area contributed by atoms with E-state index in [1.54, 1.807) is 11.3 Å². The number of esters is 1. The van der Waals surface area contributed by atoms with E-state index in [2.05, 4.69) is 20.8 Å². The average Bonchev–Trinajstić information content (AvgIpc) is 3.18. The molecule has 1 aliphatic rings. The predicted molar refractivity (Wildman–Crippen MR) is 136 cm³/mol. The van der Waals surface area contributed by atoms with Gasteiger partial charge >= 0.3 is 5.97 Å². The van der Waals surface area contributed by atoms with Crippen LogP contribution in [-0.4, -0.2) is 27.7 Å². The molecule has 0 aliphatic carbocycles. The van der Waals surface area contributed by atoms with Gasteiger partial charge in [-0.1, -0.05) is 34.6 Å². The van der Waals surface area contributed by atoms with Crippen LogP contribution >= 0.6 is 23.1 Å². The molecule has 1 saturated heterocycles. The van der Waals surface area contributed by atoms with Gasteiger partial charge in [0.1, 0.15) is 5.60 Å². The number of hydrogen-bond donors (Lipinski definition) is 2. The van der Waals surface area contributed by atoms with Crippen molar-refractivity contribution in [2.45, 2.75) is 88.6 Å². The van der Waals surface area contributed by atoms with Gasteiger partial charge in [0.15, 0.2) is 11.0 Å². The number of hydrogen-bond acceptors (Lipinski definition) is 7. The smallest absolute Gasteiger partial charge is 0.327 e. The van der Waals surface area contributed by atoms with Crippen molar-refractivity contribution in [3.63, 3.8) is 0 Å². The van der Waals surface area contributed by atoms with Gasteiger partial charge in [0.25, 0.3) is 0 Å². The molecule has 2 heterocycles. The number of benzene rings is 1. The van der Waals surface area contributed by atoms with E-state index in [0.717, 1.165) is 26.5 Å². The molecule has 5 nitrogen and oxygen atoms in total. The number of thioether (sulfide) groups is 1. The highest BCUT2D eigenvalue weighted by Gasteiger charge is 2.49. The Balaban J connectivity index is 1.84. The molecule has 1 aromatic heterocycles. The molecule has 0 radical (unpaired) electrons. The molecular formula is C26H35NO4S2. The number of anilines is 1. The molecule has 33 heavy (non-hydrogen) atoms. The van der Waals surface area contributed by atoms with E-state index in [1.165, 1.54) is 11.8 Å². The summed E-state index contributed by atoms with van der Waals surface area (Å²) in [6.07, 6.45) is 1.42. The van der Waals surface area contributed by atoms with Crippen molar-refractivity contribution in [3.8, 4) is 0 Å². The highest BCUT2D eigenvalue weighted by molar-refractivity contribution is 8.01. The Hall–Kier alpha value is -1.83. The van der Waals surface area contributed by atoms with E-state index in [1.807, 2.05) is 44.4 Å². The van der Waals surface area contributed by atoms with Gasteiger partial charge in [-0.25, -0.2) is 0 Å². The van der Waals surface area contributed by atoms with Crippen LogP contribution in [0.4, 0.5) is 5.69 Å². The van der Waals surface area contributed by atoms with Crippen LogP contribution in [0.2, 0.25) is 0 Å². The van der Waals surface area contributed by atoms with E-state index < -0.39 is 16.8 Å². The number of thiophene rings is 1. The minimum absolute atomic E-state index is 0.00204. The quantitative estimate of drug-likeness (QED) is 0.306. The van der Waals surface area contributed by atoms with Gasteiger partial charge in [0.2, 0.25) is 0 Å². The fraction of sp³-hybridized carbons (Fsp3) is 0.538. The number of aliphatic hydroxyl groups is 1. The van der Waals surface area contributed by atoms with Crippen LogP contribution in [0.15, 0.2) is 28.5 Å². The van der Waals surface area contributed by atoms with Crippen LogP contribution < -0.4 is 5.73 Å². The van der Waals surface area contributed by atoms with Crippen molar-refractivity contribution in [2.75, 3.05) is 5.73 Å². The Bertz CT molecular complexity index is 1020. The van der Waals surface area contributed by atoms with Crippen LogP contribution in [0.3, 0.4) is 0 Å². The van der Waals surface area contributed by atoms with E-state index in [-0.39, 0.29) is 30.1 Å². The summed E-state index contributed by atoms with van der Waals surface area (Å²) in [7, 11) is 0. The summed E-state index contributed by atoms with van der Waals surface area (Å²) in [6, 6.07) is 5.83. The van der Waals surface area contributed by atoms with Crippen LogP contribution in [0.25, 0.3) is 0 Å². The van der Waals surface area contributed by atoms with Crippen LogP contribution in [0.1, 0.15) is 69.0 Å². The van der Waals surface area contributed by atoms with Crippen molar-refractivity contribution in [1.82, 2.24) is 0 Å². The zero-order valence-electron chi connectivity index (χ0n) is 20.4. The molecule has 3 rings (SSSR count). The summed E-state index contributed by atoms with van der Waals surface area (Å²) in [4.78, 5) is 28.5. The third-order valence-electron chi connectivity index (χ3n) is 6.54. The normalized spacial score (nSPS) is 21.5. The van der Waals surface area contributed by atoms with Crippen molar-refractivity contribution >= 4 is 40.5 Å². The molecule has 180 valence electrons. The van der Waals surface area contributed by atoms with Crippen LogP contribution in [0, 0.1) is 12.8 Å². The zero-order chi connectivity index (χ0) is 24.6. The minimum Gasteiger partial charge on any atom is -0.457 e. The first-order valence-corrected chi connectivity index (χ1v) is 13.1. The fourth-order valence-corrected chi connectivity index (χ4v) is 6.48. The summed E-state index contributed by atoms with van der Waals surface area (Å²) >= 11 is 2.86. The van der Waals surface area contributed by atoms with Crippen molar-refractivity contribution in [2.24, 2.45) is 5.92 Å². The number of cyclic esters (lactones) is 1. The second-order valence-electron chi connectivity index (χ2n) is 10.3. The lowest BCUT2D eigenvalue weighted by molar-refractivity contribution is -0.176. The number of nitrogens with two attached hydrogens (primary N) is 1. The number of aliphatic hydroxyl groups excluding tert-OH is 1. The highest BCUT2D eigenvalue weighted by atomic mass is 32.2. The third kappa shape index (κ3) is 5.47. The van der Waals surface area contributed by atoms with Gasteiger partial charge in [0, 0.05) is 21.9 Å². The Labute approximate surface area is 205 Å². The van der Waals surface area contributed by atoms with Crippen LogP contribution in [-0.2, 0) is 32.8 Å². The maximum absolute atomic E-state index is 13.3. The first-order valence-electron chi connectivity index (χ1n) is 11.4. The third-order valence-corrected chi connectivity index (χ3v) is 8.85. The zero-order valence-corrected chi connectivity index (χ0v) is 22.0. The van der Waals surface area contributed by atoms with Gasteiger partial charge in [-0.3, -0.25) is 9.59 Å². The maximum atomic E-state index is 13.3. The van der Waals surface area contributed by atoms with E-state index in [9.17, 15) is 14.7 Å². The number of carbonyl (C=O) groups excluding carboxylic acids is 2. The largest absolute Gasteiger partial charge is 0.457 e. The predicted octanol–water partition coefficient (Wildman–Crippen LogP) is 5.43. The van der Waals surface area contributed by atoms with Gasteiger partial charge < -0.3 is 15.6 Å². The molecular weight excluding hydrogens is 454 g/mol. The lowest BCUT2D eigenvalue weighted by atomic mass is 9.79. The number of ether oxygens (including phenoxy) is 1. The standard InChI is InChI=1S/C26H35NO4S2/c1-15(2)26(9-7-21-17(14-28)8-10-32-21)13-20(29)23(24(30)31-26)33-22-11-16(3)19(27)12-18(22)25(4,5)6/h8,10-12,15,23,28H,7,9,13-14,27H2,1-6H3.